The average molecular weight is 287 g/mol. The van der Waals surface area contributed by atoms with E-state index in [1.165, 1.54) is 16.7 Å². The molecule has 1 fully saturated rings. The molecule has 3 rings (SSSR count). The summed E-state index contributed by atoms with van der Waals surface area (Å²) in [5.41, 5.74) is 4.30. The molecular formula is C17H25N3O. The van der Waals surface area contributed by atoms with E-state index < -0.39 is 0 Å². The van der Waals surface area contributed by atoms with Gasteiger partial charge in [0.1, 0.15) is 0 Å². The van der Waals surface area contributed by atoms with Crippen LogP contribution < -0.4 is 10.6 Å². The molecule has 2 amide bonds. The fourth-order valence-electron chi connectivity index (χ4n) is 3.85. The van der Waals surface area contributed by atoms with Crippen molar-refractivity contribution in [1.82, 2.24) is 15.5 Å². The highest BCUT2D eigenvalue weighted by molar-refractivity contribution is 5.74. The number of piperidine rings is 1. The minimum atomic E-state index is -0.00144. The Morgan fingerprint density at radius 1 is 1.33 bits per heavy atom. The van der Waals surface area contributed by atoms with Crippen LogP contribution in [0.1, 0.15) is 42.0 Å². The van der Waals surface area contributed by atoms with E-state index in [1.54, 1.807) is 19.0 Å². The van der Waals surface area contributed by atoms with Crippen LogP contribution in [0.15, 0.2) is 18.2 Å². The minimum Gasteiger partial charge on any atom is -0.331 e. The number of benzene rings is 1. The predicted octanol–water partition coefficient (Wildman–Crippen LogP) is 2.33. The molecule has 1 heterocycles. The summed E-state index contributed by atoms with van der Waals surface area (Å²) in [6.07, 6.45) is 3.36. The number of carbonyl (C=O) groups excluding carboxylic acids is 1. The first-order valence-electron chi connectivity index (χ1n) is 7.81. The van der Waals surface area contributed by atoms with E-state index in [2.05, 4.69) is 35.8 Å². The number of fused-ring (bicyclic) bond motifs is 2. The molecule has 0 saturated carbocycles. The van der Waals surface area contributed by atoms with Crippen molar-refractivity contribution in [3.8, 4) is 0 Å². The predicted molar refractivity (Wildman–Crippen MR) is 84.5 cm³/mol. The second-order valence-electron chi connectivity index (χ2n) is 6.72. The molecular weight excluding hydrogens is 262 g/mol. The lowest BCUT2D eigenvalue weighted by molar-refractivity contribution is 0.209. The van der Waals surface area contributed by atoms with Crippen molar-refractivity contribution in [2.24, 2.45) is 0 Å². The van der Waals surface area contributed by atoms with Gasteiger partial charge in [-0.15, -0.1) is 0 Å². The third kappa shape index (κ3) is 2.53. The summed E-state index contributed by atoms with van der Waals surface area (Å²) in [4.78, 5) is 13.7. The molecule has 0 unspecified atom stereocenters. The van der Waals surface area contributed by atoms with Crippen LogP contribution in [0.2, 0.25) is 0 Å². The molecule has 2 N–H and O–H groups in total. The Hall–Kier alpha value is -1.55. The topological polar surface area (TPSA) is 44.4 Å². The molecule has 0 radical (unpaired) electrons. The lowest BCUT2D eigenvalue weighted by Crippen LogP contribution is -2.40. The molecule has 21 heavy (non-hydrogen) atoms. The number of hydrogen-bond acceptors (Lipinski definition) is 2. The van der Waals surface area contributed by atoms with Crippen LogP contribution >= 0.6 is 0 Å². The summed E-state index contributed by atoms with van der Waals surface area (Å²) in [6.45, 7) is 4.27. The van der Waals surface area contributed by atoms with Crippen LogP contribution in [-0.4, -0.2) is 38.1 Å². The van der Waals surface area contributed by atoms with Gasteiger partial charge in [-0.2, -0.15) is 0 Å². The Morgan fingerprint density at radius 2 is 2.05 bits per heavy atom. The third-order valence-corrected chi connectivity index (χ3v) is 5.01. The Labute approximate surface area is 126 Å². The normalized spacial score (nSPS) is 22.9. The summed E-state index contributed by atoms with van der Waals surface area (Å²) < 4.78 is 0. The van der Waals surface area contributed by atoms with Gasteiger partial charge in [0.2, 0.25) is 0 Å². The van der Waals surface area contributed by atoms with Crippen LogP contribution in [-0.2, 0) is 5.41 Å². The van der Waals surface area contributed by atoms with Gasteiger partial charge >= 0.3 is 6.03 Å². The smallest absolute Gasteiger partial charge is 0.317 e. The van der Waals surface area contributed by atoms with Gasteiger partial charge in [-0.05, 0) is 50.4 Å². The maximum absolute atomic E-state index is 12.1. The summed E-state index contributed by atoms with van der Waals surface area (Å²) >= 11 is 0. The van der Waals surface area contributed by atoms with Crippen molar-refractivity contribution in [2.75, 3.05) is 27.2 Å². The zero-order valence-corrected chi connectivity index (χ0v) is 13.2. The zero-order chi connectivity index (χ0) is 15.0. The molecule has 1 aromatic carbocycles. The molecule has 1 spiro atoms. The molecule has 2 aliphatic rings. The average Bonchev–Trinajstić information content (AvgIpc) is 2.73. The zero-order valence-electron chi connectivity index (χ0n) is 13.2. The first kappa shape index (κ1) is 14.4. The lowest BCUT2D eigenvalue weighted by atomic mass is 9.74. The molecule has 1 aliphatic carbocycles. The number of aryl methyl sites for hydroxylation is 1. The minimum absolute atomic E-state index is 0.00144. The monoisotopic (exact) mass is 287 g/mol. The van der Waals surface area contributed by atoms with Crippen molar-refractivity contribution in [3.63, 3.8) is 0 Å². The maximum atomic E-state index is 12.1. The number of nitrogens with zero attached hydrogens (tertiary/aromatic N) is 1. The molecule has 1 saturated heterocycles. The van der Waals surface area contributed by atoms with Crippen LogP contribution in [0.4, 0.5) is 4.79 Å². The summed E-state index contributed by atoms with van der Waals surface area (Å²) in [7, 11) is 3.59. The van der Waals surface area contributed by atoms with Gasteiger partial charge in [0, 0.05) is 19.5 Å². The molecule has 0 aromatic heterocycles. The quantitative estimate of drug-likeness (QED) is 0.832. The molecule has 1 aromatic rings. The number of hydrogen-bond donors (Lipinski definition) is 2. The highest BCUT2D eigenvalue weighted by Crippen LogP contribution is 2.50. The Bertz CT molecular complexity index is 547. The number of amides is 2. The third-order valence-electron chi connectivity index (χ3n) is 5.01. The number of carbonyl (C=O) groups is 1. The van der Waals surface area contributed by atoms with Crippen LogP contribution in [0, 0.1) is 6.92 Å². The number of urea groups is 1. The molecule has 4 nitrogen and oxygen atoms in total. The van der Waals surface area contributed by atoms with E-state index in [4.69, 9.17) is 0 Å². The van der Waals surface area contributed by atoms with Crippen LogP contribution in [0.5, 0.6) is 0 Å². The molecule has 114 valence electrons. The van der Waals surface area contributed by atoms with E-state index >= 15 is 0 Å². The van der Waals surface area contributed by atoms with Crippen molar-refractivity contribution < 1.29 is 4.79 Å². The number of rotatable bonds is 1. The fourth-order valence-corrected chi connectivity index (χ4v) is 3.85. The van der Waals surface area contributed by atoms with Gasteiger partial charge in [0.15, 0.2) is 0 Å². The second-order valence-corrected chi connectivity index (χ2v) is 6.72. The van der Waals surface area contributed by atoms with Crippen molar-refractivity contribution in [3.05, 3.63) is 34.9 Å². The van der Waals surface area contributed by atoms with Gasteiger partial charge < -0.3 is 15.5 Å². The SMILES string of the molecule is Cc1ccc2c(c1)[C@@H](NC(=O)N(C)C)CC21CCNCC1. The van der Waals surface area contributed by atoms with E-state index in [-0.39, 0.29) is 17.5 Å². The highest BCUT2D eigenvalue weighted by atomic mass is 16.2. The Morgan fingerprint density at radius 3 is 2.71 bits per heavy atom. The van der Waals surface area contributed by atoms with Gasteiger partial charge in [-0.3, -0.25) is 0 Å². The maximum Gasteiger partial charge on any atom is 0.317 e. The first-order valence-corrected chi connectivity index (χ1v) is 7.81. The molecule has 1 atom stereocenters. The highest BCUT2D eigenvalue weighted by Gasteiger charge is 2.44. The van der Waals surface area contributed by atoms with Crippen LogP contribution in [0.3, 0.4) is 0 Å². The standard InChI is InChI=1S/C17H25N3O/c1-12-4-5-14-13(10-12)15(19-16(21)20(2)3)11-17(14)6-8-18-9-7-17/h4-5,10,15,18H,6-9,11H2,1-3H3,(H,19,21)/t15-/m0/s1. The first-order chi connectivity index (χ1) is 10.0. The Kier molecular flexibility index (Phi) is 3.66. The largest absolute Gasteiger partial charge is 0.331 e. The Balaban J connectivity index is 1.94. The van der Waals surface area contributed by atoms with Crippen molar-refractivity contribution in [1.29, 1.82) is 0 Å². The molecule has 1 aliphatic heterocycles. The van der Waals surface area contributed by atoms with E-state index in [9.17, 15) is 4.79 Å². The van der Waals surface area contributed by atoms with Crippen molar-refractivity contribution >= 4 is 6.03 Å². The fraction of sp³-hybridized carbons (Fsp3) is 0.588. The van der Waals surface area contributed by atoms with Gasteiger partial charge in [-0.1, -0.05) is 23.8 Å². The van der Waals surface area contributed by atoms with E-state index in [1.807, 2.05) is 0 Å². The molecule has 4 heteroatoms. The van der Waals surface area contributed by atoms with Gasteiger partial charge in [0.25, 0.3) is 0 Å². The summed E-state index contributed by atoms with van der Waals surface area (Å²) in [5.74, 6) is 0. The van der Waals surface area contributed by atoms with E-state index in [0.717, 1.165) is 32.4 Å². The molecule has 0 bridgehead atoms. The van der Waals surface area contributed by atoms with Crippen molar-refractivity contribution in [2.45, 2.75) is 37.6 Å². The second kappa shape index (κ2) is 5.34. The van der Waals surface area contributed by atoms with Gasteiger partial charge in [0.05, 0.1) is 6.04 Å². The lowest BCUT2D eigenvalue weighted by Gasteiger charge is -2.35. The summed E-state index contributed by atoms with van der Waals surface area (Å²) in [5, 5.41) is 6.66. The van der Waals surface area contributed by atoms with Gasteiger partial charge in [-0.25, -0.2) is 4.79 Å². The summed E-state index contributed by atoms with van der Waals surface area (Å²) in [6, 6.07) is 6.90. The van der Waals surface area contributed by atoms with E-state index in [0.29, 0.717) is 0 Å². The van der Waals surface area contributed by atoms with Crippen LogP contribution in [0.25, 0.3) is 0 Å². The number of nitrogens with one attached hydrogen (secondary N) is 2.